The monoisotopic (exact) mass is 344 g/mol. The van der Waals surface area contributed by atoms with Crippen molar-refractivity contribution < 1.29 is 9.90 Å². The van der Waals surface area contributed by atoms with Gasteiger partial charge in [0.25, 0.3) is 5.91 Å². The molecule has 3 rings (SSSR count). The van der Waals surface area contributed by atoms with E-state index in [1.807, 2.05) is 31.2 Å². The van der Waals surface area contributed by atoms with Crippen molar-refractivity contribution in [1.82, 2.24) is 5.32 Å². The fourth-order valence-electron chi connectivity index (χ4n) is 2.04. The largest absolute Gasteiger partial charge is 0.506 e. The minimum Gasteiger partial charge on any atom is -0.506 e. The molecule has 2 N–H and O–H groups in total. The Hall–Kier alpha value is -2.24. The van der Waals surface area contributed by atoms with Crippen LogP contribution in [-0.4, -0.2) is 16.2 Å². The molecule has 23 heavy (non-hydrogen) atoms. The molecule has 2 aromatic carbocycles. The van der Waals surface area contributed by atoms with Gasteiger partial charge in [0.15, 0.2) is 5.17 Å². The molecule has 116 valence electrons. The van der Waals surface area contributed by atoms with Gasteiger partial charge in [-0.15, -0.1) is 0 Å². The van der Waals surface area contributed by atoms with E-state index in [0.717, 1.165) is 16.8 Å². The van der Waals surface area contributed by atoms with E-state index >= 15 is 0 Å². The van der Waals surface area contributed by atoms with E-state index in [4.69, 9.17) is 11.6 Å². The molecule has 4 nitrogen and oxygen atoms in total. The topological polar surface area (TPSA) is 61.7 Å². The Labute approximate surface area is 142 Å². The second-order valence-electron chi connectivity index (χ2n) is 4.98. The maximum absolute atomic E-state index is 12.1. The molecular formula is C17H13ClN2O2S. The lowest BCUT2D eigenvalue weighted by molar-refractivity contribution is -0.115. The summed E-state index contributed by atoms with van der Waals surface area (Å²) >= 11 is 7.15. The molecule has 1 aliphatic heterocycles. The van der Waals surface area contributed by atoms with Crippen molar-refractivity contribution in [2.45, 2.75) is 6.92 Å². The number of halogens is 1. The van der Waals surface area contributed by atoms with Crippen LogP contribution in [-0.2, 0) is 4.79 Å². The van der Waals surface area contributed by atoms with Crippen molar-refractivity contribution in [3.63, 3.8) is 0 Å². The van der Waals surface area contributed by atoms with Gasteiger partial charge in [0.2, 0.25) is 0 Å². The number of aliphatic imine (C=N–C) groups is 1. The minimum absolute atomic E-state index is 0.0131. The number of benzene rings is 2. The Morgan fingerprint density at radius 1 is 1.26 bits per heavy atom. The van der Waals surface area contributed by atoms with E-state index in [9.17, 15) is 9.90 Å². The number of carbonyl (C=O) groups is 1. The van der Waals surface area contributed by atoms with Crippen molar-refractivity contribution in [2.75, 3.05) is 0 Å². The molecule has 0 saturated carbocycles. The third-order valence-electron chi connectivity index (χ3n) is 3.26. The maximum Gasteiger partial charge on any atom is 0.264 e. The van der Waals surface area contributed by atoms with Crippen LogP contribution in [0.1, 0.15) is 11.1 Å². The lowest BCUT2D eigenvalue weighted by Crippen LogP contribution is -2.19. The number of aryl methyl sites for hydroxylation is 1. The average molecular weight is 345 g/mol. The molecule has 1 aliphatic rings. The highest BCUT2D eigenvalue weighted by Gasteiger charge is 2.24. The van der Waals surface area contributed by atoms with Gasteiger partial charge in [-0.25, -0.2) is 4.99 Å². The molecule has 2 aromatic rings. The number of phenols is 1. The SMILES string of the molecule is Cc1ccccc1N=C1NC(=O)/C(=C/c2ccc(O)c(Cl)c2)S1. The van der Waals surface area contributed by atoms with Crippen LogP contribution in [0, 0.1) is 6.92 Å². The van der Waals surface area contributed by atoms with Crippen LogP contribution in [0.3, 0.4) is 0 Å². The first-order valence-electron chi connectivity index (χ1n) is 6.86. The molecule has 0 spiro atoms. The fourth-order valence-corrected chi connectivity index (χ4v) is 3.07. The second-order valence-corrected chi connectivity index (χ2v) is 6.42. The van der Waals surface area contributed by atoms with Crippen LogP contribution < -0.4 is 5.32 Å². The molecular weight excluding hydrogens is 332 g/mol. The number of rotatable bonds is 2. The Morgan fingerprint density at radius 2 is 2.04 bits per heavy atom. The van der Waals surface area contributed by atoms with Gasteiger partial charge >= 0.3 is 0 Å². The number of nitrogens with one attached hydrogen (secondary N) is 1. The van der Waals surface area contributed by atoms with E-state index < -0.39 is 0 Å². The molecule has 1 heterocycles. The molecule has 0 unspecified atom stereocenters. The van der Waals surface area contributed by atoms with Gasteiger partial charge in [0.1, 0.15) is 5.75 Å². The summed E-state index contributed by atoms with van der Waals surface area (Å²) in [4.78, 5) is 17.1. The van der Waals surface area contributed by atoms with Crippen LogP contribution in [0.2, 0.25) is 5.02 Å². The first kappa shape index (κ1) is 15.6. The maximum atomic E-state index is 12.1. The molecule has 0 aliphatic carbocycles. The van der Waals surface area contributed by atoms with Gasteiger partial charge < -0.3 is 10.4 Å². The number of carbonyl (C=O) groups excluding carboxylic acids is 1. The summed E-state index contributed by atoms with van der Waals surface area (Å²) in [6.45, 7) is 1.97. The molecule has 0 atom stereocenters. The molecule has 1 amide bonds. The molecule has 1 saturated heterocycles. The molecule has 1 fully saturated rings. The number of aromatic hydroxyl groups is 1. The summed E-state index contributed by atoms with van der Waals surface area (Å²) in [7, 11) is 0. The van der Waals surface area contributed by atoms with Gasteiger partial charge in [-0.3, -0.25) is 4.79 Å². The van der Waals surface area contributed by atoms with Crippen LogP contribution in [0.4, 0.5) is 5.69 Å². The summed E-state index contributed by atoms with van der Waals surface area (Å²) in [6.07, 6.45) is 1.71. The third kappa shape index (κ3) is 3.57. The Bertz CT molecular complexity index is 846. The number of para-hydroxylation sites is 1. The highest BCUT2D eigenvalue weighted by molar-refractivity contribution is 8.18. The molecule has 0 radical (unpaired) electrons. The summed E-state index contributed by atoms with van der Waals surface area (Å²) < 4.78 is 0. The summed E-state index contributed by atoms with van der Waals surface area (Å²) in [6, 6.07) is 12.5. The lowest BCUT2D eigenvalue weighted by atomic mass is 10.2. The summed E-state index contributed by atoms with van der Waals surface area (Å²) in [5, 5.41) is 13.0. The van der Waals surface area contributed by atoms with E-state index in [1.54, 1.807) is 18.2 Å². The number of phenolic OH excluding ortho intramolecular Hbond substituents is 1. The Balaban J connectivity index is 1.86. The zero-order valence-corrected chi connectivity index (χ0v) is 13.8. The predicted molar refractivity (Wildman–Crippen MR) is 95.1 cm³/mol. The Kier molecular flexibility index (Phi) is 4.41. The van der Waals surface area contributed by atoms with Crippen molar-refractivity contribution in [3.8, 4) is 5.75 Å². The normalized spacial score (nSPS) is 17.7. The average Bonchev–Trinajstić information content (AvgIpc) is 2.85. The zero-order chi connectivity index (χ0) is 16.4. The van der Waals surface area contributed by atoms with E-state index in [1.165, 1.54) is 17.8 Å². The molecule has 0 bridgehead atoms. The Morgan fingerprint density at radius 3 is 2.78 bits per heavy atom. The van der Waals surface area contributed by atoms with Crippen LogP contribution >= 0.6 is 23.4 Å². The third-order valence-corrected chi connectivity index (χ3v) is 4.47. The van der Waals surface area contributed by atoms with Crippen LogP contribution in [0.25, 0.3) is 6.08 Å². The van der Waals surface area contributed by atoms with Gasteiger partial charge in [-0.05, 0) is 54.1 Å². The number of amides is 1. The van der Waals surface area contributed by atoms with Crippen molar-refractivity contribution in [1.29, 1.82) is 0 Å². The number of thioether (sulfide) groups is 1. The number of nitrogens with zero attached hydrogens (tertiary/aromatic N) is 1. The number of hydrogen-bond donors (Lipinski definition) is 2. The van der Waals surface area contributed by atoms with E-state index in [2.05, 4.69) is 10.3 Å². The second kappa shape index (κ2) is 6.48. The van der Waals surface area contributed by atoms with Gasteiger partial charge in [-0.1, -0.05) is 35.9 Å². The lowest BCUT2D eigenvalue weighted by Gasteiger charge is -2.00. The van der Waals surface area contributed by atoms with Crippen molar-refractivity contribution in [3.05, 3.63) is 63.5 Å². The standard InChI is InChI=1S/C17H13ClN2O2S/c1-10-4-2-3-5-13(10)19-17-20-16(22)15(23-17)9-11-6-7-14(21)12(18)8-11/h2-9,21H,1H3,(H,19,20,22)/b15-9-. The zero-order valence-electron chi connectivity index (χ0n) is 12.2. The minimum atomic E-state index is -0.202. The molecule has 0 aromatic heterocycles. The fraction of sp³-hybridized carbons (Fsp3) is 0.0588. The van der Waals surface area contributed by atoms with Gasteiger partial charge in [0.05, 0.1) is 15.6 Å². The van der Waals surface area contributed by atoms with Crippen molar-refractivity contribution in [2.24, 2.45) is 4.99 Å². The molecule has 6 heteroatoms. The number of amidine groups is 1. The highest BCUT2D eigenvalue weighted by Crippen LogP contribution is 2.30. The predicted octanol–water partition coefficient (Wildman–Crippen LogP) is 4.25. The smallest absolute Gasteiger partial charge is 0.264 e. The number of hydrogen-bond acceptors (Lipinski definition) is 4. The van der Waals surface area contributed by atoms with E-state index in [0.29, 0.717) is 10.1 Å². The van der Waals surface area contributed by atoms with Gasteiger partial charge in [0, 0.05) is 0 Å². The van der Waals surface area contributed by atoms with Crippen LogP contribution in [0.5, 0.6) is 5.75 Å². The summed E-state index contributed by atoms with van der Waals surface area (Å²) in [5.74, 6) is -0.189. The van der Waals surface area contributed by atoms with Gasteiger partial charge in [-0.2, -0.15) is 0 Å². The highest BCUT2D eigenvalue weighted by atomic mass is 35.5. The first-order chi connectivity index (χ1) is 11.0. The van der Waals surface area contributed by atoms with Crippen LogP contribution in [0.15, 0.2) is 52.4 Å². The quantitative estimate of drug-likeness (QED) is 0.801. The van der Waals surface area contributed by atoms with E-state index in [-0.39, 0.29) is 16.7 Å². The summed E-state index contributed by atoms with van der Waals surface area (Å²) in [5.41, 5.74) is 2.60. The first-order valence-corrected chi connectivity index (χ1v) is 8.06. The van der Waals surface area contributed by atoms with Crippen molar-refractivity contribution >= 4 is 46.2 Å².